The van der Waals surface area contributed by atoms with Crippen molar-refractivity contribution in [1.82, 2.24) is 0 Å². The third kappa shape index (κ3) is 1.87. The Morgan fingerprint density at radius 3 is 3.00 bits per heavy atom. The Balaban J connectivity index is 2.13. The molecule has 0 aromatic heterocycles. The Bertz CT molecular complexity index is 353. The summed E-state index contributed by atoms with van der Waals surface area (Å²) < 4.78 is 5.53. The van der Waals surface area contributed by atoms with E-state index in [1.165, 1.54) is 0 Å². The van der Waals surface area contributed by atoms with Crippen LogP contribution in [-0.4, -0.2) is 24.8 Å². The van der Waals surface area contributed by atoms with E-state index in [-0.39, 0.29) is 12.0 Å². The number of carbonyl (C=O) groups is 1. The first kappa shape index (κ1) is 10.1. The van der Waals surface area contributed by atoms with E-state index < -0.39 is 0 Å². The van der Waals surface area contributed by atoms with Gasteiger partial charge in [0.25, 0.3) is 0 Å². The quantitative estimate of drug-likeness (QED) is 0.658. The number of allylic oxidation sites excluding steroid dienone is 3. The summed E-state index contributed by atoms with van der Waals surface area (Å²) in [5, 5.41) is 0. The van der Waals surface area contributed by atoms with E-state index in [4.69, 9.17) is 4.74 Å². The summed E-state index contributed by atoms with van der Waals surface area (Å²) in [6, 6.07) is 0.230. The molecular formula is C12H15NO2. The van der Waals surface area contributed by atoms with Gasteiger partial charge in [0.2, 0.25) is 5.90 Å². The highest BCUT2D eigenvalue weighted by Crippen LogP contribution is 2.24. The van der Waals surface area contributed by atoms with E-state index in [1.807, 2.05) is 18.2 Å². The Morgan fingerprint density at radius 2 is 2.40 bits per heavy atom. The topological polar surface area (TPSA) is 38.7 Å². The Morgan fingerprint density at radius 1 is 1.60 bits per heavy atom. The van der Waals surface area contributed by atoms with Gasteiger partial charge >= 0.3 is 0 Å². The molecule has 1 heterocycles. The van der Waals surface area contributed by atoms with Crippen LogP contribution in [0.15, 0.2) is 28.8 Å². The molecule has 0 aromatic rings. The maximum absolute atomic E-state index is 10.8. The first-order valence-electron chi connectivity index (χ1n) is 5.27. The standard InChI is InChI=1S/C12H15NO2/c1-8(2)11-7-15-12(13-11)10-5-3-4-9(10)6-14/h3-6,8-9,11H,7H2,1-2H3. The van der Waals surface area contributed by atoms with Gasteiger partial charge in [0, 0.05) is 5.57 Å². The largest absolute Gasteiger partial charge is 0.475 e. The van der Waals surface area contributed by atoms with Gasteiger partial charge in [0.1, 0.15) is 12.9 Å². The molecule has 0 radical (unpaired) electrons. The van der Waals surface area contributed by atoms with E-state index in [1.54, 1.807) is 0 Å². The maximum Gasteiger partial charge on any atom is 0.213 e. The van der Waals surface area contributed by atoms with Crippen LogP contribution in [0.3, 0.4) is 0 Å². The number of aliphatic imine (C=N–C) groups is 1. The lowest BCUT2D eigenvalue weighted by molar-refractivity contribution is -0.109. The lowest BCUT2D eigenvalue weighted by Gasteiger charge is -2.06. The maximum atomic E-state index is 10.8. The average molecular weight is 205 g/mol. The van der Waals surface area contributed by atoms with Gasteiger partial charge < -0.3 is 9.53 Å². The van der Waals surface area contributed by atoms with Crippen LogP contribution in [-0.2, 0) is 9.53 Å². The fourth-order valence-electron chi connectivity index (χ4n) is 1.72. The number of rotatable bonds is 3. The normalized spacial score (nSPS) is 29.0. The number of hydrogen-bond acceptors (Lipinski definition) is 3. The molecule has 1 aliphatic carbocycles. The van der Waals surface area contributed by atoms with Crippen molar-refractivity contribution in [3.8, 4) is 0 Å². The molecule has 0 amide bonds. The highest BCUT2D eigenvalue weighted by Gasteiger charge is 2.27. The van der Waals surface area contributed by atoms with E-state index in [2.05, 4.69) is 18.8 Å². The number of ether oxygens (including phenoxy) is 1. The summed E-state index contributed by atoms with van der Waals surface area (Å²) in [5.74, 6) is 0.956. The highest BCUT2D eigenvalue weighted by molar-refractivity contribution is 5.99. The van der Waals surface area contributed by atoms with Gasteiger partial charge in [-0.15, -0.1) is 0 Å². The summed E-state index contributed by atoms with van der Waals surface area (Å²) in [4.78, 5) is 15.3. The van der Waals surface area contributed by atoms with Crippen molar-refractivity contribution in [2.24, 2.45) is 16.8 Å². The molecule has 3 heteroatoms. The zero-order chi connectivity index (χ0) is 10.8. The fourth-order valence-corrected chi connectivity index (χ4v) is 1.72. The number of carbonyl (C=O) groups excluding carboxylic acids is 1. The smallest absolute Gasteiger partial charge is 0.213 e. The second kappa shape index (κ2) is 4.01. The second-order valence-corrected chi connectivity index (χ2v) is 4.23. The predicted octanol–water partition coefficient (Wildman–Crippen LogP) is 1.75. The summed E-state index contributed by atoms with van der Waals surface area (Å²) in [7, 11) is 0. The Kier molecular flexibility index (Phi) is 2.71. The van der Waals surface area contributed by atoms with Crippen molar-refractivity contribution < 1.29 is 9.53 Å². The van der Waals surface area contributed by atoms with Crippen LogP contribution in [0, 0.1) is 11.8 Å². The lowest BCUT2D eigenvalue weighted by Crippen LogP contribution is -2.13. The van der Waals surface area contributed by atoms with Crippen LogP contribution in [0.2, 0.25) is 0 Å². The van der Waals surface area contributed by atoms with E-state index in [0.717, 1.165) is 11.9 Å². The van der Waals surface area contributed by atoms with Gasteiger partial charge in [-0.05, 0) is 5.92 Å². The number of aldehydes is 1. The van der Waals surface area contributed by atoms with Crippen molar-refractivity contribution in [3.05, 3.63) is 23.8 Å². The molecule has 0 N–H and O–H groups in total. The summed E-state index contributed by atoms with van der Waals surface area (Å²) >= 11 is 0. The van der Waals surface area contributed by atoms with Crippen molar-refractivity contribution in [2.45, 2.75) is 19.9 Å². The molecular weight excluding hydrogens is 190 g/mol. The average Bonchev–Trinajstić information content (AvgIpc) is 2.85. The summed E-state index contributed by atoms with van der Waals surface area (Å²) in [5.41, 5.74) is 0.896. The molecule has 80 valence electrons. The molecule has 0 aromatic carbocycles. The molecule has 2 aliphatic rings. The van der Waals surface area contributed by atoms with Gasteiger partial charge in [-0.1, -0.05) is 32.1 Å². The Labute approximate surface area is 89.5 Å². The monoisotopic (exact) mass is 205 g/mol. The van der Waals surface area contributed by atoms with E-state index >= 15 is 0 Å². The SMILES string of the molecule is CC(C)C1COC(C2=CC=CC2C=O)=N1. The minimum Gasteiger partial charge on any atom is -0.475 e. The van der Waals surface area contributed by atoms with Crippen molar-refractivity contribution in [3.63, 3.8) is 0 Å². The zero-order valence-corrected chi connectivity index (χ0v) is 9.01. The lowest BCUT2D eigenvalue weighted by atomic mass is 10.0. The van der Waals surface area contributed by atoms with E-state index in [9.17, 15) is 4.79 Å². The Hall–Kier alpha value is -1.38. The molecule has 0 fully saturated rings. The van der Waals surface area contributed by atoms with E-state index in [0.29, 0.717) is 18.4 Å². The molecule has 15 heavy (non-hydrogen) atoms. The second-order valence-electron chi connectivity index (χ2n) is 4.23. The van der Waals surface area contributed by atoms with Gasteiger partial charge in [-0.25, -0.2) is 4.99 Å². The van der Waals surface area contributed by atoms with Gasteiger partial charge in [0.15, 0.2) is 0 Å². The molecule has 3 nitrogen and oxygen atoms in total. The molecule has 0 bridgehead atoms. The van der Waals surface area contributed by atoms with Crippen LogP contribution in [0.4, 0.5) is 0 Å². The molecule has 0 saturated heterocycles. The van der Waals surface area contributed by atoms with Crippen molar-refractivity contribution >= 4 is 12.2 Å². The molecule has 0 saturated carbocycles. The number of nitrogens with zero attached hydrogens (tertiary/aromatic N) is 1. The van der Waals surface area contributed by atoms with Crippen LogP contribution in [0.5, 0.6) is 0 Å². The minimum atomic E-state index is -0.172. The van der Waals surface area contributed by atoms with Crippen LogP contribution < -0.4 is 0 Å². The summed E-state index contributed by atoms with van der Waals surface area (Å²) in [6.45, 7) is 4.88. The van der Waals surface area contributed by atoms with Gasteiger partial charge in [-0.2, -0.15) is 0 Å². The zero-order valence-electron chi connectivity index (χ0n) is 9.01. The molecule has 2 unspecified atom stereocenters. The summed E-state index contributed by atoms with van der Waals surface area (Å²) in [6.07, 6.45) is 6.56. The van der Waals surface area contributed by atoms with Crippen LogP contribution in [0.1, 0.15) is 13.8 Å². The predicted molar refractivity (Wildman–Crippen MR) is 58.8 cm³/mol. The van der Waals surface area contributed by atoms with Gasteiger partial charge in [-0.3, -0.25) is 0 Å². The first-order chi connectivity index (χ1) is 7.22. The van der Waals surface area contributed by atoms with Crippen molar-refractivity contribution in [2.75, 3.05) is 6.61 Å². The third-order valence-corrected chi connectivity index (χ3v) is 2.79. The van der Waals surface area contributed by atoms with Crippen LogP contribution >= 0.6 is 0 Å². The molecule has 2 rings (SSSR count). The number of hydrogen-bond donors (Lipinski definition) is 0. The molecule has 0 spiro atoms. The molecule has 1 aliphatic heterocycles. The first-order valence-corrected chi connectivity index (χ1v) is 5.27. The van der Waals surface area contributed by atoms with Gasteiger partial charge in [0.05, 0.1) is 12.0 Å². The third-order valence-electron chi connectivity index (χ3n) is 2.79. The molecule has 2 atom stereocenters. The van der Waals surface area contributed by atoms with Crippen molar-refractivity contribution in [1.29, 1.82) is 0 Å². The fraction of sp³-hybridized carbons (Fsp3) is 0.500. The minimum absolute atomic E-state index is 0.172. The highest BCUT2D eigenvalue weighted by atomic mass is 16.5. The van der Waals surface area contributed by atoms with Crippen LogP contribution in [0.25, 0.3) is 0 Å².